The second-order valence-corrected chi connectivity index (χ2v) is 6.71. The molecule has 0 aliphatic heterocycles. The van der Waals surface area contributed by atoms with Crippen molar-refractivity contribution in [2.24, 2.45) is 0 Å². The van der Waals surface area contributed by atoms with Crippen LogP contribution in [0.25, 0.3) is 11.3 Å². The molecule has 0 atom stereocenters. The lowest BCUT2D eigenvalue weighted by Crippen LogP contribution is -2.30. The number of carbonyl (C=O) groups excluding carboxylic acids is 1. The number of hydrogen-bond donors (Lipinski definition) is 1. The third-order valence-electron chi connectivity index (χ3n) is 4.01. The van der Waals surface area contributed by atoms with Crippen molar-refractivity contribution < 1.29 is 9.53 Å². The van der Waals surface area contributed by atoms with Gasteiger partial charge in [0.1, 0.15) is 5.75 Å². The van der Waals surface area contributed by atoms with Crippen LogP contribution < -0.4 is 15.6 Å². The summed E-state index contributed by atoms with van der Waals surface area (Å²) >= 11 is 3.33. The lowest BCUT2D eigenvalue weighted by atomic mass is 10.1. The highest BCUT2D eigenvalue weighted by Gasteiger charge is 2.06. The van der Waals surface area contributed by atoms with E-state index < -0.39 is 0 Å². The van der Waals surface area contributed by atoms with Gasteiger partial charge in [0, 0.05) is 34.8 Å². The molecule has 0 bridgehead atoms. The SMILES string of the molecule is COc1ccc(-c2cc(=O)n(CCNC(=O)c3ccc(Br)cc3)cn2)cc1. The highest BCUT2D eigenvalue weighted by molar-refractivity contribution is 9.10. The lowest BCUT2D eigenvalue weighted by molar-refractivity contribution is 0.0952. The third-order valence-corrected chi connectivity index (χ3v) is 4.54. The van der Waals surface area contributed by atoms with E-state index in [0.29, 0.717) is 24.3 Å². The Bertz CT molecular complexity index is 983. The summed E-state index contributed by atoms with van der Waals surface area (Å²) < 4.78 is 7.50. The van der Waals surface area contributed by atoms with Gasteiger partial charge in [0.15, 0.2) is 0 Å². The largest absolute Gasteiger partial charge is 0.497 e. The Labute approximate surface area is 165 Å². The van der Waals surface area contributed by atoms with Crippen LogP contribution in [0.2, 0.25) is 0 Å². The summed E-state index contributed by atoms with van der Waals surface area (Å²) in [5.41, 5.74) is 1.83. The maximum atomic E-state index is 12.3. The zero-order valence-corrected chi connectivity index (χ0v) is 16.3. The molecule has 1 heterocycles. The summed E-state index contributed by atoms with van der Waals surface area (Å²) in [6.07, 6.45) is 1.49. The predicted molar refractivity (Wildman–Crippen MR) is 107 cm³/mol. The molecule has 6 nitrogen and oxygen atoms in total. The van der Waals surface area contributed by atoms with Crippen molar-refractivity contribution in [3.8, 4) is 17.0 Å². The molecule has 0 saturated heterocycles. The minimum Gasteiger partial charge on any atom is -0.497 e. The summed E-state index contributed by atoms with van der Waals surface area (Å²) in [4.78, 5) is 28.7. The summed E-state index contributed by atoms with van der Waals surface area (Å²) in [5, 5.41) is 2.80. The van der Waals surface area contributed by atoms with Crippen molar-refractivity contribution in [2.75, 3.05) is 13.7 Å². The number of halogens is 1. The van der Waals surface area contributed by atoms with Crippen LogP contribution in [0, 0.1) is 0 Å². The molecule has 0 aliphatic rings. The molecule has 3 rings (SSSR count). The first-order valence-corrected chi connectivity index (χ1v) is 9.11. The van der Waals surface area contributed by atoms with Crippen LogP contribution >= 0.6 is 15.9 Å². The number of benzene rings is 2. The summed E-state index contributed by atoms with van der Waals surface area (Å²) in [5.74, 6) is 0.562. The van der Waals surface area contributed by atoms with Gasteiger partial charge in [-0.15, -0.1) is 0 Å². The van der Waals surface area contributed by atoms with E-state index in [1.54, 1.807) is 31.4 Å². The van der Waals surface area contributed by atoms with Crippen LogP contribution in [0.4, 0.5) is 0 Å². The van der Waals surface area contributed by atoms with E-state index in [1.165, 1.54) is 17.0 Å². The first kappa shape index (κ1) is 18.8. The standard InChI is InChI=1S/C20H18BrN3O3/c1-27-17-8-4-14(5-9-17)18-12-19(25)24(13-23-18)11-10-22-20(26)15-2-6-16(21)7-3-15/h2-9,12-13H,10-11H2,1H3,(H,22,26). The molecular weight excluding hydrogens is 410 g/mol. The van der Waals surface area contributed by atoms with E-state index in [9.17, 15) is 9.59 Å². The smallest absolute Gasteiger partial charge is 0.253 e. The molecule has 1 aromatic heterocycles. The van der Waals surface area contributed by atoms with Crippen LogP contribution in [0.3, 0.4) is 0 Å². The van der Waals surface area contributed by atoms with Gasteiger partial charge in [-0.1, -0.05) is 15.9 Å². The van der Waals surface area contributed by atoms with Crippen molar-refractivity contribution in [1.29, 1.82) is 0 Å². The molecule has 0 fully saturated rings. The maximum absolute atomic E-state index is 12.3. The zero-order valence-electron chi connectivity index (χ0n) is 14.7. The number of amides is 1. The van der Waals surface area contributed by atoms with Crippen LogP contribution in [-0.4, -0.2) is 29.1 Å². The van der Waals surface area contributed by atoms with Crippen molar-refractivity contribution in [2.45, 2.75) is 6.54 Å². The second-order valence-electron chi connectivity index (χ2n) is 5.80. The fourth-order valence-corrected chi connectivity index (χ4v) is 2.77. The van der Waals surface area contributed by atoms with Gasteiger partial charge >= 0.3 is 0 Å². The number of carbonyl (C=O) groups is 1. The van der Waals surface area contributed by atoms with Crippen molar-refractivity contribution in [3.63, 3.8) is 0 Å². The fourth-order valence-electron chi connectivity index (χ4n) is 2.51. The van der Waals surface area contributed by atoms with Crippen LogP contribution in [-0.2, 0) is 6.54 Å². The van der Waals surface area contributed by atoms with Crippen LogP contribution in [0.15, 0.2) is 70.2 Å². The summed E-state index contributed by atoms with van der Waals surface area (Å²) in [6.45, 7) is 0.676. The van der Waals surface area contributed by atoms with Gasteiger partial charge in [-0.25, -0.2) is 4.98 Å². The first-order chi connectivity index (χ1) is 13.1. The average molecular weight is 428 g/mol. The highest BCUT2D eigenvalue weighted by Crippen LogP contribution is 2.19. The summed E-state index contributed by atoms with van der Waals surface area (Å²) in [6, 6.07) is 15.9. The Balaban J connectivity index is 1.61. The lowest BCUT2D eigenvalue weighted by Gasteiger charge is -2.09. The molecule has 1 N–H and O–H groups in total. The van der Waals surface area contributed by atoms with Crippen molar-refractivity contribution in [1.82, 2.24) is 14.9 Å². The first-order valence-electron chi connectivity index (χ1n) is 8.31. The Morgan fingerprint density at radius 1 is 1.15 bits per heavy atom. The van der Waals surface area contributed by atoms with E-state index in [1.807, 2.05) is 24.3 Å². The molecule has 0 aliphatic carbocycles. The van der Waals surface area contributed by atoms with Crippen LogP contribution in [0.1, 0.15) is 10.4 Å². The van der Waals surface area contributed by atoms with E-state index in [2.05, 4.69) is 26.2 Å². The highest BCUT2D eigenvalue weighted by atomic mass is 79.9. The van der Waals surface area contributed by atoms with Crippen molar-refractivity contribution in [3.05, 3.63) is 81.3 Å². The van der Waals surface area contributed by atoms with E-state index in [0.717, 1.165) is 15.8 Å². The van der Waals surface area contributed by atoms with Gasteiger partial charge in [0.2, 0.25) is 0 Å². The molecule has 0 radical (unpaired) electrons. The van der Waals surface area contributed by atoms with Gasteiger partial charge in [-0.3, -0.25) is 14.2 Å². The normalized spacial score (nSPS) is 10.4. The Hall–Kier alpha value is -2.93. The zero-order chi connectivity index (χ0) is 19.2. The Kier molecular flexibility index (Phi) is 6.03. The number of nitrogens with one attached hydrogen (secondary N) is 1. The average Bonchev–Trinajstić information content (AvgIpc) is 2.69. The quantitative estimate of drug-likeness (QED) is 0.655. The van der Waals surface area contributed by atoms with E-state index in [4.69, 9.17) is 4.74 Å². The monoisotopic (exact) mass is 427 g/mol. The molecule has 0 unspecified atom stereocenters. The van der Waals surface area contributed by atoms with Gasteiger partial charge in [-0.2, -0.15) is 0 Å². The topological polar surface area (TPSA) is 73.2 Å². The Morgan fingerprint density at radius 2 is 1.85 bits per heavy atom. The Morgan fingerprint density at radius 3 is 2.48 bits per heavy atom. The second kappa shape index (κ2) is 8.64. The minimum absolute atomic E-state index is 0.172. The van der Waals surface area contributed by atoms with E-state index >= 15 is 0 Å². The molecule has 3 aromatic rings. The fraction of sp³-hybridized carbons (Fsp3) is 0.150. The van der Waals surface area contributed by atoms with Gasteiger partial charge in [0.25, 0.3) is 11.5 Å². The molecule has 1 amide bonds. The predicted octanol–water partition coefficient (Wildman–Crippen LogP) is 3.11. The minimum atomic E-state index is -0.182. The summed E-state index contributed by atoms with van der Waals surface area (Å²) in [7, 11) is 1.60. The molecule has 27 heavy (non-hydrogen) atoms. The van der Waals surface area contributed by atoms with Gasteiger partial charge in [-0.05, 0) is 48.5 Å². The van der Waals surface area contributed by atoms with Gasteiger partial charge < -0.3 is 10.1 Å². The molecule has 2 aromatic carbocycles. The number of aromatic nitrogens is 2. The van der Waals surface area contributed by atoms with Crippen molar-refractivity contribution >= 4 is 21.8 Å². The maximum Gasteiger partial charge on any atom is 0.253 e. The number of ether oxygens (including phenoxy) is 1. The number of rotatable bonds is 6. The number of methoxy groups -OCH3 is 1. The molecule has 0 spiro atoms. The molecule has 0 saturated carbocycles. The third kappa shape index (κ3) is 4.83. The molecule has 7 heteroatoms. The number of nitrogens with zero attached hydrogens (tertiary/aromatic N) is 2. The molecule has 138 valence electrons. The molecular formula is C20H18BrN3O3. The van der Waals surface area contributed by atoms with Crippen LogP contribution in [0.5, 0.6) is 5.75 Å². The number of hydrogen-bond acceptors (Lipinski definition) is 4. The van der Waals surface area contributed by atoms with Gasteiger partial charge in [0.05, 0.1) is 19.1 Å². The van der Waals surface area contributed by atoms with E-state index in [-0.39, 0.29) is 11.5 Å².